The van der Waals surface area contributed by atoms with Gasteiger partial charge < -0.3 is 24.1 Å². The normalized spacial score (nSPS) is 15.4. The summed E-state index contributed by atoms with van der Waals surface area (Å²) in [6.45, 7) is 4.54. The van der Waals surface area contributed by atoms with Crippen molar-refractivity contribution in [2.24, 2.45) is 5.16 Å². The molecular formula is C23H23N5O4. The number of rotatable bonds is 5. The lowest BCUT2D eigenvalue weighted by molar-refractivity contribution is 0.0383. The van der Waals surface area contributed by atoms with Gasteiger partial charge in [0.2, 0.25) is 0 Å². The maximum absolute atomic E-state index is 12.6. The molecule has 32 heavy (non-hydrogen) atoms. The highest BCUT2D eigenvalue weighted by Crippen LogP contribution is 2.22. The number of carbonyl (C=O) groups excluding carboxylic acids is 1. The predicted molar refractivity (Wildman–Crippen MR) is 117 cm³/mol. The van der Waals surface area contributed by atoms with Crippen LogP contribution in [-0.4, -0.2) is 64.8 Å². The number of ether oxygens (including phenoxy) is 1. The van der Waals surface area contributed by atoms with Crippen molar-refractivity contribution in [1.82, 2.24) is 19.6 Å². The highest BCUT2D eigenvalue weighted by atomic mass is 16.5. The highest BCUT2D eigenvalue weighted by molar-refractivity contribution is 5.97. The third-order valence-corrected chi connectivity index (χ3v) is 5.60. The summed E-state index contributed by atoms with van der Waals surface area (Å²) in [5, 5.41) is 16.8. The van der Waals surface area contributed by atoms with Crippen LogP contribution in [0, 0.1) is 0 Å². The molecule has 1 fully saturated rings. The molecule has 1 aromatic carbocycles. The molecule has 5 rings (SSSR count). The number of morpholine rings is 1. The highest BCUT2D eigenvalue weighted by Gasteiger charge is 2.13. The number of nitrogens with one attached hydrogen (secondary N) is 1. The van der Waals surface area contributed by atoms with E-state index < -0.39 is 0 Å². The molecule has 0 aliphatic carbocycles. The lowest BCUT2D eigenvalue weighted by Gasteiger charge is -2.26. The SMILES string of the molecule is O=C(NCCN1CCOCC1)c1ccc2oc(-c3cc4cccn4cn3)c/c(=N/O)c2c1. The molecule has 0 bridgehead atoms. The van der Waals surface area contributed by atoms with E-state index in [2.05, 4.69) is 20.4 Å². The summed E-state index contributed by atoms with van der Waals surface area (Å²) in [5.41, 5.74) is 2.56. The molecule has 9 nitrogen and oxygen atoms in total. The number of hydrogen-bond acceptors (Lipinski definition) is 7. The van der Waals surface area contributed by atoms with Crippen LogP contribution in [0.3, 0.4) is 0 Å². The summed E-state index contributed by atoms with van der Waals surface area (Å²) in [6, 6.07) is 12.5. The number of fused-ring (bicyclic) bond motifs is 2. The fourth-order valence-corrected chi connectivity index (χ4v) is 3.84. The molecular weight excluding hydrogens is 410 g/mol. The minimum Gasteiger partial charge on any atom is -0.454 e. The van der Waals surface area contributed by atoms with E-state index in [1.165, 1.54) is 0 Å². The predicted octanol–water partition coefficient (Wildman–Crippen LogP) is 2.10. The molecule has 4 heterocycles. The number of benzene rings is 1. The van der Waals surface area contributed by atoms with Crippen LogP contribution < -0.4 is 10.7 Å². The molecule has 0 spiro atoms. The Morgan fingerprint density at radius 3 is 2.91 bits per heavy atom. The molecule has 0 saturated carbocycles. The van der Waals surface area contributed by atoms with Gasteiger partial charge in [-0.05, 0) is 36.4 Å². The molecule has 1 aliphatic rings. The van der Waals surface area contributed by atoms with E-state index in [4.69, 9.17) is 9.15 Å². The first kappa shape index (κ1) is 20.2. The second-order valence-electron chi connectivity index (χ2n) is 7.63. The van der Waals surface area contributed by atoms with Gasteiger partial charge in [0, 0.05) is 54.9 Å². The lowest BCUT2D eigenvalue weighted by Crippen LogP contribution is -2.41. The van der Waals surface area contributed by atoms with Gasteiger partial charge in [0.05, 0.1) is 19.5 Å². The molecule has 1 amide bonds. The molecule has 0 atom stereocenters. The van der Waals surface area contributed by atoms with Crippen molar-refractivity contribution in [2.45, 2.75) is 0 Å². The third-order valence-electron chi connectivity index (χ3n) is 5.60. The number of amides is 1. The van der Waals surface area contributed by atoms with Crippen LogP contribution in [0.1, 0.15) is 10.4 Å². The van der Waals surface area contributed by atoms with Crippen molar-refractivity contribution >= 4 is 22.4 Å². The van der Waals surface area contributed by atoms with Crippen LogP contribution in [0.25, 0.3) is 27.9 Å². The van der Waals surface area contributed by atoms with E-state index in [0.29, 0.717) is 39.9 Å². The van der Waals surface area contributed by atoms with Crippen molar-refractivity contribution in [2.75, 3.05) is 39.4 Å². The molecule has 9 heteroatoms. The summed E-state index contributed by atoms with van der Waals surface area (Å²) in [4.78, 5) is 19.3. The third kappa shape index (κ3) is 4.08. The molecule has 1 saturated heterocycles. The number of hydrogen-bond donors (Lipinski definition) is 2. The minimum absolute atomic E-state index is 0.187. The largest absolute Gasteiger partial charge is 0.454 e. The van der Waals surface area contributed by atoms with Crippen molar-refractivity contribution in [3.05, 3.63) is 65.9 Å². The van der Waals surface area contributed by atoms with Gasteiger partial charge in [-0.1, -0.05) is 5.16 Å². The Kier molecular flexibility index (Phi) is 5.57. The Hall–Kier alpha value is -3.69. The Morgan fingerprint density at radius 1 is 1.19 bits per heavy atom. The van der Waals surface area contributed by atoms with Gasteiger partial charge in [-0.25, -0.2) is 4.98 Å². The summed E-state index contributed by atoms with van der Waals surface area (Å²) < 4.78 is 13.3. The summed E-state index contributed by atoms with van der Waals surface area (Å²) in [5.74, 6) is 0.283. The van der Waals surface area contributed by atoms with Crippen LogP contribution in [0.4, 0.5) is 0 Å². The van der Waals surface area contributed by atoms with Gasteiger partial charge in [0.25, 0.3) is 5.91 Å². The molecule has 1 aliphatic heterocycles. The fraction of sp³-hybridized carbons (Fsp3) is 0.261. The van der Waals surface area contributed by atoms with E-state index in [1.807, 2.05) is 28.8 Å². The second kappa shape index (κ2) is 8.81. The van der Waals surface area contributed by atoms with Crippen molar-refractivity contribution < 1.29 is 19.2 Å². The average molecular weight is 433 g/mol. The zero-order chi connectivity index (χ0) is 21.9. The van der Waals surface area contributed by atoms with Crippen LogP contribution >= 0.6 is 0 Å². The zero-order valence-corrected chi connectivity index (χ0v) is 17.4. The summed E-state index contributed by atoms with van der Waals surface area (Å²) >= 11 is 0. The first-order valence-electron chi connectivity index (χ1n) is 10.5. The average Bonchev–Trinajstić information content (AvgIpc) is 3.31. The van der Waals surface area contributed by atoms with Gasteiger partial charge >= 0.3 is 0 Å². The van der Waals surface area contributed by atoms with Gasteiger partial charge in [-0.15, -0.1) is 0 Å². The van der Waals surface area contributed by atoms with Crippen molar-refractivity contribution in [3.63, 3.8) is 0 Å². The van der Waals surface area contributed by atoms with Crippen LogP contribution in [0.15, 0.2) is 64.6 Å². The first-order chi connectivity index (χ1) is 15.7. The molecule has 0 unspecified atom stereocenters. The minimum atomic E-state index is -0.187. The summed E-state index contributed by atoms with van der Waals surface area (Å²) in [6.07, 6.45) is 3.61. The quantitative estimate of drug-likeness (QED) is 0.369. The van der Waals surface area contributed by atoms with Gasteiger partial charge in [0.1, 0.15) is 16.6 Å². The Bertz CT molecular complexity index is 1340. The number of nitrogens with zero attached hydrogens (tertiary/aromatic N) is 4. The lowest BCUT2D eigenvalue weighted by atomic mass is 10.1. The molecule has 2 N–H and O–H groups in total. The first-order valence-corrected chi connectivity index (χ1v) is 10.5. The van der Waals surface area contributed by atoms with Crippen LogP contribution in [-0.2, 0) is 4.74 Å². The van der Waals surface area contributed by atoms with Gasteiger partial charge in [-0.2, -0.15) is 0 Å². The van der Waals surface area contributed by atoms with Crippen LogP contribution in [0.2, 0.25) is 0 Å². The van der Waals surface area contributed by atoms with Gasteiger partial charge in [-0.3, -0.25) is 9.69 Å². The van der Waals surface area contributed by atoms with E-state index in [9.17, 15) is 10.0 Å². The van der Waals surface area contributed by atoms with E-state index in [0.717, 1.165) is 38.4 Å². The molecule has 0 radical (unpaired) electrons. The van der Waals surface area contributed by atoms with Crippen LogP contribution in [0.5, 0.6) is 0 Å². The Balaban J connectivity index is 1.38. The molecule has 3 aromatic heterocycles. The van der Waals surface area contributed by atoms with E-state index in [1.54, 1.807) is 30.6 Å². The topological polar surface area (TPSA) is 105 Å². The maximum atomic E-state index is 12.6. The maximum Gasteiger partial charge on any atom is 0.251 e. The standard InChI is InChI=1S/C23H23N5O4/c29-23(24-5-7-27-8-10-31-11-9-27)16-3-4-21-18(12-16)19(26-30)14-22(32-21)20-13-17-2-1-6-28(17)15-25-20/h1-4,6,12-15,30H,5,7-11H2,(H,24,29)/b26-19-. The Labute approximate surface area is 183 Å². The van der Waals surface area contributed by atoms with Gasteiger partial charge in [0.15, 0.2) is 5.76 Å². The van der Waals surface area contributed by atoms with E-state index in [-0.39, 0.29) is 5.91 Å². The number of aromatic nitrogens is 2. The summed E-state index contributed by atoms with van der Waals surface area (Å²) in [7, 11) is 0. The second-order valence-corrected chi connectivity index (χ2v) is 7.63. The molecule has 164 valence electrons. The monoisotopic (exact) mass is 433 g/mol. The Morgan fingerprint density at radius 2 is 2.06 bits per heavy atom. The smallest absolute Gasteiger partial charge is 0.251 e. The van der Waals surface area contributed by atoms with E-state index >= 15 is 0 Å². The molecule has 4 aromatic rings. The van der Waals surface area contributed by atoms with Crippen molar-refractivity contribution in [3.8, 4) is 11.5 Å². The fourth-order valence-electron chi connectivity index (χ4n) is 3.84. The number of carbonyl (C=O) groups is 1. The van der Waals surface area contributed by atoms with Crippen molar-refractivity contribution in [1.29, 1.82) is 0 Å². The zero-order valence-electron chi connectivity index (χ0n) is 17.4.